The molecule has 2 fully saturated rings. The summed E-state index contributed by atoms with van der Waals surface area (Å²) in [5.74, 6) is -0.410. The largest absolute Gasteiger partial charge is 0.361 e. The molecule has 2 amide bonds. The fourth-order valence-corrected chi connectivity index (χ4v) is 4.21. The van der Waals surface area contributed by atoms with Crippen molar-refractivity contribution in [2.45, 2.75) is 31.8 Å². The number of piperidine rings is 1. The Kier molecular flexibility index (Phi) is 5.37. The number of morpholine rings is 1. The van der Waals surface area contributed by atoms with Crippen LogP contribution >= 0.6 is 0 Å². The van der Waals surface area contributed by atoms with Crippen LogP contribution in [0.25, 0.3) is 0 Å². The number of aryl methyl sites for hydroxylation is 1. The Labute approximate surface area is 170 Å². The van der Waals surface area contributed by atoms with Gasteiger partial charge in [-0.3, -0.25) is 9.59 Å². The van der Waals surface area contributed by atoms with E-state index in [0.717, 1.165) is 24.0 Å². The Hall–Kier alpha value is -2.73. The predicted octanol–water partition coefficient (Wildman–Crippen LogP) is 3.10. The smallest absolute Gasteiger partial charge is 0.253 e. The number of carbonyl (C=O) groups excluding carboxylic acids is 2. The van der Waals surface area contributed by atoms with Gasteiger partial charge in [-0.05, 0) is 55.2 Å². The van der Waals surface area contributed by atoms with E-state index < -0.39 is 5.60 Å². The van der Waals surface area contributed by atoms with Crippen molar-refractivity contribution in [3.05, 3.63) is 65.5 Å². The van der Waals surface area contributed by atoms with E-state index in [1.165, 1.54) is 12.1 Å². The number of amides is 2. The molecule has 2 saturated heterocycles. The molecule has 152 valence electrons. The summed E-state index contributed by atoms with van der Waals surface area (Å²) in [6, 6.07) is 13.8. The third-order valence-electron chi connectivity index (χ3n) is 5.88. The summed E-state index contributed by atoms with van der Waals surface area (Å²) in [7, 11) is 0. The van der Waals surface area contributed by atoms with Crippen molar-refractivity contribution in [1.29, 1.82) is 0 Å². The lowest BCUT2D eigenvalue weighted by Gasteiger charge is -2.47. The van der Waals surface area contributed by atoms with Gasteiger partial charge in [0.25, 0.3) is 5.91 Å². The van der Waals surface area contributed by atoms with E-state index in [-0.39, 0.29) is 24.2 Å². The Morgan fingerprint density at radius 2 is 1.90 bits per heavy atom. The van der Waals surface area contributed by atoms with Gasteiger partial charge in [0.05, 0.1) is 19.5 Å². The van der Waals surface area contributed by atoms with E-state index in [9.17, 15) is 14.0 Å². The summed E-state index contributed by atoms with van der Waals surface area (Å²) in [5, 5.41) is 0. The average molecular weight is 396 g/mol. The van der Waals surface area contributed by atoms with E-state index in [0.29, 0.717) is 31.7 Å². The first kappa shape index (κ1) is 19.6. The molecule has 5 nitrogen and oxygen atoms in total. The maximum Gasteiger partial charge on any atom is 0.253 e. The fourth-order valence-electron chi connectivity index (χ4n) is 4.21. The van der Waals surface area contributed by atoms with Gasteiger partial charge in [-0.2, -0.15) is 0 Å². The van der Waals surface area contributed by atoms with Crippen molar-refractivity contribution < 1.29 is 18.7 Å². The molecule has 0 N–H and O–H groups in total. The van der Waals surface area contributed by atoms with Crippen molar-refractivity contribution >= 4 is 17.5 Å². The highest BCUT2D eigenvalue weighted by atomic mass is 19.1. The molecule has 2 aromatic rings. The molecule has 1 unspecified atom stereocenters. The first-order chi connectivity index (χ1) is 14.0. The van der Waals surface area contributed by atoms with Crippen molar-refractivity contribution in [1.82, 2.24) is 4.90 Å². The minimum atomic E-state index is -0.581. The zero-order valence-corrected chi connectivity index (χ0v) is 16.6. The second-order valence-electron chi connectivity index (χ2n) is 7.95. The SMILES string of the molecule is Cc1ccccc1CC(=O)N1CCCC2(C1)CN(c1ccc(F)cc1)C(=O)CO2. The van der Waals surface area contributed by atoms with Gasteiger partial charge >= 0.3 is 0 Å². The monoisotopic (exact) mass is 396 g/mol. The van der Waals surface area contributed by atoms with Crippen LogP contribution in [0.5, 0.6) is 0 Å². The van der Waals surface area contributed by atoms with Crippen molar-refractivity contribution in [2.24, 2.45) is 0 Å². The molecule has 2 aromatic carbocycles. The minimum absolute atomic E-state index is 0.0306. The predicted molar refractivity (Wildman–Crippen MR) is 108 cm³/mol. The minimum Gasteiger partial charge on any atom is -0.361 e. The number of carbonyl (C=O) groups is 2. The van der Waals surface area contributed by atoms with Crippen molar-refractivity contribution in [3.63, 3.8) is 0 Å². The molecule has 0 bridgehead atoms. The van der Waals surface area contributed by atoms with Gasteiger partial charge in [0, 0.05) is 12.2 Å². The molecular weight excluding hydrogens is 371 g/mol. The number of hydrogen-bond donors (Lipinski definition) is 0. The van der Waals surface area contributed by atoms with E-state index in [2.05, 4.69) is 0 Å². The quantitative estimate of drug-likeness (QED) is 0.801. The Bertz CT molecular complexity index is 915. The number of likely N-dealkylation sites (tertiary alicyclic amines) is 1. The summed E-state index contributed by atoms with van der Waals surface area (Å²) in [6.07, 6.45) is 1.97. The van der Waals surface area contributed by atoms with Crippen LogP contribution in [0, 0.1) is 12.7 Å². The lowest BCUT2D eigenvalue weighted by Crippen LogP contribution is -2.62. The molecule has 2 aliphatic heterocycles. The molecule has 29 heavy (non-hydrogen) atoms. The number of hydrogen-bond acceptors (Lipinski definition) is 3. The first-order valence-corrected chi connectivity index (χ1v) is 9.98. The lowest BCUT2D eigenvalue weighted by atomic mass is 9.90. The topological polar surface area (TPSA) is 49.9 Å². The molecule has 0 aromatic heterocycles. The number of nitrogens with zero attached hydrogens (tertiary/aromatic N) is 2. The molecule has 2 heterocycles. The molecular formula is C23H25FN2O3. The first-order valence-electron chi connectivity index (χ1n) is 9.98. The van der Waals surface area contributed by atoms with Crippen LogP contribution in [0.3, 0.4) is 0 Å². The highest BCUT2D eigenvalue weighted by Crippen LogP contribution is 2.32. The van der Waals surface area contributed by atoms with Crippen molar-refractivity contribution in [2.75, 3.05) is 31.1 Å². The number of anilines is 1. The van der Waals surface area contributed by atoms with Crippen LogP contribution in [0.1, 0.15) is 24.0 Å². The number of benzene rings is 2. The third kappa shape index (κ3) is 4.17. The van der Waals surface area contributed by atoms with Gasteiger partial charge < -0.3 is 14.5 Å². The maximum absolute atomic E-state index is 13.3. The summed E-state index contributed by atoms with van der Waals surface area (Å²) in [4.78, 5) is 28.9. The number of rotatable bonds is 3. The number of ether oxygens (including phenoxy) is 1. The van der Waals surface area contributed by atoms with E-state index >= 15 is 0 Å². The number of halogens is 1. The van der Waals surface area contributed by atoms with Crippen LogP contribution in [0.15, 0.2) is 48.5 Å². The molecule has 1 spiro atoms. The van der Waals surface area contributed by atoms with Crippen LogP contribution in [0.2, 0.25) is 0 Å². The highest BCUT2D eigenvalue weighted by Gasteiger charge is 2.44. The third-order valence-corrected chi connectivity index (χ3v) is 5.88. The van der Waals surface area contributed by atoms with E-state index in [1.807, 2.05) is 36.1 Å². The van der Waals surface area contributed by atoms with Gasteiger partial charge in [-0.15, -0.1) is 0 Å². The Morgan fingerprint density at radius 1 is 1.14 bits per heavy atom. The summed E-state index contributed by atoms with van der Waals surface area (Å²) in [5.41, 5.74) is 2.21. The molecule has 0 radical (unpaired) electrons. The second-order valence-corrected chi connectivity index (χ2v) is 7.95. The summed E-state index contributed by atoms with van der Waals surface area (Å²) < 4.78 is 19.3. The summed E-state index contributed by atoms with van der Waals surface area (Å²) >= 11 is 0. The molecule has 0 saturated carbocycles. The molecule has 6 heteroatoms. The van der Waals surface area contributed by atoms with Gasteiger partial charge in [-0.1, -0.05) is 24.3 Å². The fraction of sp³-hybridized carbons (Fsp3) is 0.391. The zero-order valence-electron chi connectivity index (χ0n) is 16.6. The molecule has 4 rings (SSSR count). The standard InChI is InChI=1S/C23H25FN2O3/c1-17-5-2-3-6-18(17)13-21(27)25-12-4-11-23(15-25)16-26(22(28)14-29-23)20-9-7-19(24)8-10-20/h2-3,5-10H,4,11-16H2,1H3. The van der Waals surface area contributed by atoms with E-state index in [1.54, 1.807) is 17.0 Å². The van der Waals surface area contributed by atoms with Gasteiger partial charge in [0.15, 0.2) is 0 Å². The van der Waals surface area contributed by atoms with Crippen molar-refractivity contribution in [3.8, 4) is 0 Å². The Balaban J connectivity index is 1.49. The van der Waals surface area contributed by atoms with Gasteiger partial charge in [-0.25, -0.2) is 4.39 Å². The zero-order chi connectivity index (χ0) is 20.4. The normalized spacial score (nSPS) is 22.2. The van der Waals surface area contributed by atoms with Gasteiger partial charge in [0.1, 0.15) is 18.0 Å². The lowest BCUT2D eigenvalue weighted by molar-refractivity contribution is -0.153. The van der Waals surface area contributed by atoms with Gasteiger partial charge in [0.2, 0.25) is 5.91 Å². The molecule has 0 aliphatic carbocycles. The van der Waals surface area contributed by atoms with Crippen LogP contribution in [-0.2, 0) is 20.7 Å². The molecule has 2 aliphatic rings. The summed E-state index contributed by atoms with van der Waals surface area (Å²) in [6.45, 7) is 3.50. The van der Waals surface area contributed by atoms with Crippen LogP contribution < -0.4 is 4.90 Å². The van der Waals surface area contributed by atoms with Crippen LogP contribution in [-0.4, -0.2) is 48.6 Å². The Morgan fingerprint density at radius 3 is 2.66 bits per heavy atom. The highest BCUT2D eigenvalue weighted by molar-refractivity contribution is 5.95. The second kappa shape index (κ2) is 7.95. The van der Waals surface area contributed by atoms with Crippen LogP contribution in [0.4, 0.5) is 10.1 Å². The maximum atomic E-state index is 13.3. The average Bonchev–Trinajstić information content (AvgIpc) is 2.72. The van der Waals surface area contributed by atoms with E-state index in [4.69, 9.17) is 4.74 Å². The molecule has 1 atom stereocenters.